The van der Waals surface area contributed by atoms with Crippen LogP contribution in [0.3, 0.4) is 0 Å². The first-order valence-corrected chi connectivity index (χ1v) is 12.1. The second kappa shape index (κ2) is 11.5. The summed E-state index contributed by atoms with van der Waals surface area (Å²) in [5.74, 6) is -2.03. The van der Waals surface area contributed by atoms with Crippen molar-refractivity contribution in [1.29, 1.82) is 0 Å². The lowest BCUT2D eigenvalue weighted by molar-refractivity contribution is -0.151. The maximum absolute atomic E-state index is 13.0. The molecule has 0 spiro atoms. The number of carboxylic acid groups (broad SMARTS) is 1. The SMILES string of the molecule is C[C@@H](CC(=O)c1ccccc1)P(=O)(O)OC(CCCCN)C(=O)N1CCC[C@H]1C(=O)O. The summed E-state index contributed by atoms with van der Waals surface area (Å²) in [6, 6.07) is 7.44. The molecule has 0 aliphatic carbocycles. The molecule has 1 aliphatic rings. The van der Waals surface area contributed by atoms with Gasteiger partial charge in [-0.15, -0.1) is 0 Å². The average Bonchev–Trinajstić information content (AvgIpc) is 3.23. The molecule has 1 saturated heterocycles. The predicted molar refractivity (Wildman–Crippen MR) is 115 cm³/mol. The van der Waals surface area contributed by atoms with Gasteiger partial charge in [0.25, 0.3) is 5.91 Å². The Kier molecular flexibility index (Phi) is 9.37. The Morgan fingerprint density at radius 1 is 1.26 bits per heavy atom. The minimum atomic E-state index is -4.35. The van der Waals surface area contributed by atoms with Crippen LogP contribution in [0, 0.1) is 0 Å². The first kappa shape index (κ1) is 25.2. The largest absolute Gasteiger partial charge is 0.480 e. The molecule has 0 saturated carbocycles. The standard InChI is InChI=1S/C21H31N2O7P/c1-15(14-18(24)16-8-3-2-4-9-16)31(28,29)30-19(11-5-6-12-22)20(25)23-13-7-10-17(23)21(26)27/h2-4,8-9,15,17,19H,5-7,10-14,22H2,1H3,(H,26,27)(H,28,29)/t15-,17-,19?/m0/s1. The molecule has 1 aromatic carbocycles. The van der Waals surface area contributed by atoms with Crippen molar-refractivity contribution in [3.8, 4) is 0 Å². The summed E-state index contributed by atoms with van der Waals surface area (Å²) in [5, 5.41) is 9.36. The summed E-state index contributed by atoms with van der Waals surface area (Å²) < 4.78 is 18.3. The van der Waals surface area contributed by atoms with Crippen molar-refractivity contribution < 1.29 is 33.5 Å². The molecule has 0 aromatic heterocycles. The number of likely N-dealkylation sites (tertiary alicyclic amines) is 1. The van der Waals surface area contributed by atoms with Crippen molar-refractivity contribution in [3.05, 3.63) is 35.9 Å². The maximum Gasteiger partial charge on any atom is 0.332 e. The normalized spacial score (nSPS) is 20.1. The molecule has 1 amide bonds. The molecular weight excluding hydrogens is 423 g/mol. The van der Waals surface area contributed by atoms with Gasteiger partial charge in [-0.25, -0.2) is 4.79 Å². The topological polar surface area (TPSA) is 147 Å². The molecule has 0 bridgehead atoms. The molecule has 1 aromatic rings. The third-order valence-electron chi connectivity index (χ3n) is 5.43. The summed E-state index contributed by atoms with van der Waals surface area (Å²) in [5.41, 5.74) is 4.90. The van der Waals surface area contributed by atoms with Gasteiger partial charge in [0.1, 0.15) is 12.1 Å². The molecule has 2 rings (SSSR count). The first-order valence-electron chi connectivity index (χ1n) is 10.5. The highest BCUT2D eigenvalue weighted by molar-refractivity contribution is 7.53. The fourth-order valence-electron chi connectivity index (χ4n) is 3.58. The number of amides is 1. The van der Waals surface area contributed by atoms with Gasteiger partial charge in [-0.05, 0) is 38.6 Å². The van der Waals surface area contributed by atoms with Crippen LogP contribution < -0.4 is 5.73 Å². The molecule has 1 heterocycles. The number of aliphatic carboxylic acids is 1. The molecule has 172 valence electrons. The minimum absolute atomic E-state index is 0.142. The van der Waals surface area contributed by atoms with Crippen LogP contribution in [0.15, 0.2) is 30.3 Å². The fourth-order valence-corrected chi connectivity index (χ4v) is 4.74. The molecule has 1 aliphatic heterocycles. The smallest absolute Gasteiger partial charge is 0.332 e. The molecule has 1 fully saturated rings. The van der Waals surface area contributed by atoms with Crippen LogP contribution in [0.4, 0.5) is 0 Å². The summed E-state index contributed by atoms with van der Waals surface area (Å²) in [4.78, 5) is 48.6. The fraction of sp³-hybridized carbons (Fsp3) is 0.571. The van der Waals surface area contributed by atoms with Crippen LogP contribution in [0.25, 0.3) is 0 Å². The van der Waals surface area contributed by atoms with Gasteiger partial charge < -0.3 is 20.6 Å². The highest BCUT2D eigenvalue weighted by Crippen LogP contribution is 2.51. The number of ketones is 1. The monoisotopic (exact) mass is 454 g/mol. The van der Waals surface area contributed by atoms with E-state index >= 15 is 0 Å². The van der Waals surface area contributed by atoms with Gasteiger partial charge in [-0.2, -0.15) is 0 Å². The van der Waals surface area contributed by atoms with E-state index in [0.29, 0.717) is 37.8 Å². The van der Waals surface area contributed by atoms with Crippen molar-refractivity contribution >= 4 is 25.3 Å². The van der Waals surface area contributed by atoms with Crippen LogP contribution in [0.2, 0.25) is 0 Å². The molecule has 9 nitrogen and oxygen atoms in total. The Morgan fingerprint density at radius 3 is 2.55 bits per heavy atom. The van der Waals surface area contributed by atoms with E-state index in [1.54, 1.807) is 30.3 Å². The quantitative estimate of drug-likeness (QED) is 0.248. The van der Waals surface area contributed by atoms with Crippen molar-refractivity contribution in [2.45, 2.75) is 63.3 Å². The zero-order valence-corrected chi connectivity index (χ0v) is 18.6. The third kappa shape index (κ3) is 6.97. The van der Waals surface area contributed by atoms with Crippen molar-refractivity contribution in [1.82, 2.24) is 4.90 Å². The van der Waals surface area contributed by atoms with E-state index in [9.17, 15) is 28.9 Å². The lowest BCUT2D eigenvalue weighted by atomic mass is 10.1. The molecule has 0 radical (unpaired) electrons. The van der Waals surface area contributed by atoms with Gasteiger partial charge in [0, 0.05) is 18.5 Å². The number of carbonyl (C=O) groups is 3. The lowest BCUT2D eigenvalue weighted by Crippen LogP contribution is -2.46. The number of hydrogen-bond donors (Lipinski definition) is 3. The Labute approximate surface area is 182 Å². The second-order valence-corrected chi connectivity index (χ2v) is 10.0. The predicted octanol–water partition coefficient (Wildman–Crippen LogP) is 2.42. The number of unbranched alkanes of at least 4 members (excludes halogenated alkanes) is 1. The van der Waals surface area contributed by atoms with Gasteiger partial charge in [0.15, 0.2) is 5.78 Å². The number of carboxylic acids is 1. The Morgan fingerprint density at radius 2 is 1.94 bits per heavy atom. The van der Waals surface area contributed by atoms with Crippen LogP contribution in [-0.2, 0) is 18.7 Å². The molecule has 2 unspecified atom stereocenters. The third-order valence-corrected chi connectivity index (χ3v) is 7.28. The second-order valence-electron chi connectivity index (χ2n) is 7.81. The summed E-state index contributed by atoms with van der Waals surface area (Å²) in [7, 11) is -4.35. The number of carbonyl (C=O) groups excluding carboxylic acids is 2. The van der Waals surface area contributed by atoms with Gasteiger partial charge >= 0.3 is 13.6 Å². The minimum Gasteiger partial charge on any atom is -0.480 e. The van der Waals surface area contributed by atoms with Crippen LogP contribution >= 0.6 is 7.60 Å². The van der Waals surface area contributed by atoms with E-state index in [4.69, 9.17) is 10.3 Å². The first-order chi connectivity index (χ1) is 14.7. The van der Waals surface area contributed by atoms with Gasteiger partial charge in [-0.1, -0.05) is 37.3 Å². The van der Waals surface area contributed by atoms with E-state index in [2.05, 4.69) is 0 Å². The summed E-state index contributed by atoms with van der Waals surface area (Å²) in [6.45, 7) is 2.07. The number of hydrogen-bond acceptors (Lipinski definition) is 6. The maximum atomic E-state index is 13.0. The van der Waals surface area contributed by atoms with Gasteiger partial charge in [0.2, 0.25) is 0 Å². The Balaban J connectivity index is 2.12. The summed E-state index contributed by atoms with van der Waals surface area (Å²) in [6.07, 6.45) is 0.595. The van der Waals surface area contributed by atoms with Gasteiger partial charge in [0.05, 0.1) is 5.66 Å². The molecule has 10 heteroatoms. The van der Waals surface area contributed by atoms with E-state index < -0.39 is 37.3 Å². The van der Waals surface area contributed by atoms with E-state index in [0.717, 1.165) is 0 Å². The number of rotatable bonds is 12. The number of benzene rings is 1. The molecule has 4 atom stereocenters. The zero-order valence-electron chi connectivity index (χ0n) is 17.7. The molecular formula is C21H31N2O7P. The van der Waals surface area contributed by atoms with Crippen LogP contribution in [-0.4, -0.2) is 63.5 Å². The lowest BCUT2D eigenvalue weighted by Gasteiger charge is -2.29. The Bertz CT molecular complexity index is 817. The number of nitrogens with two attached hydrogens (primary N) is 1. The van der Waals surface area contributed by atoms with Gasteiger partial charge in [-0.3, -0.25) is 18.7 Å². The molecule has 4 N–H and O–H groups in total. The van der Waals surface area contributed by atoms with E-state index in [1.165, 1.54) is 11.8 Å². The highest BCUT2D eigenvalue weighted by Gasteiger charge is 2.41. The van der Waals surface area contributed by atoms with Crippen LogP contribution in [0.1, 0.15) is 55.8 Å². The van der Waals surface area contributed by atoms with Crippen molar-refractivity contribution in [2.75, 3.05) is 13.1 Å². The highest BCUT2D eigenvalue weighted by atomic mass is 31.2. The zero-order chi connectivity index (χ0) is 23.0. The number of Topliss-reactive ketones (excluding diaryl/α,β-unsaturated/α-hetero) is 1. The van der Waals surface area contributed by atoms with Crippen molar-refractivity contribution in [3.63, 3.8) is 0 Å². The van der Waals surface area contributed by atoms with Crippen LogP contribution in [0.5, 0.6) is 0 Å². The summed E-state index contributed by atoms with van der Waals surface area (Å²) >= 11 is 0. The van der Waals surface area contributed by atoms with E-state index in [1.807, 2.05) is 0 Å². The Hall–Kier alpha value is -2.06. The van der Waals surface area contributed by atoms with E-state index in [-0.39, 0.29) is 25.2 Å². The molecule has 31 heavy (non-hydrogen) atoms. The number of nitrogens with zero attached hydrogens (tertiary/aromatic N) is 1. The average molecular weight is 454 g/mol. The van der Waals surface area contributed by atoms with Crippen molar-refractivity contribution in [2.24, 2.45) is 5.73 Å².